The number of amides is 4. The third-order valence-electron chi connectivity index (χ3n) is 4.33. The third kappa shape index (κ3) is 4.69. The van der Waals surface area contributed by atoms with Crippen LogP contribution < -0.4 is 21.3 Å². The molecule has 0 unspecified atom stereocenters. The number of nitrogens with one attached hydrogen (secondary N) is 4. The van der Waals surface area contributed by atoms with Crippen molar-refractivity contribution < 1.29 is 18.8 Å². The van der Waals surface area contributed by atoms with Crippen LogP contribution in [0.1, 0.15) is 23.2 Å². The fraction of sp³-hybridized carbons (Fsp3) is 0.471. The van der Waals surface area contributed by atoms with Crippen LogP contribution in [0.3, 0.4) is 0 Å². The van der Waals surface area contributed by atoms with Gasteiger partial charge in [0.15, 0.2) is 0 Å². The van der Waals surface area contributed by atoms with Crippen LogP contribution in [0.4, 0.5) is 14.9 Å². The van der Waals surface area contributed by atoms with Crippen molar-refractivity contribution in [3.63, 3.8) is 0 Å². The standard InChI is InChI=1S/C17H22FN5O3/c18-13-9-12(16(25)23-7-5-19-6-8-23)3-4-14(13)22-17(26)21-10-20-15(24)11-1-2-11/h3-4,9,11,19H,1-2,5-8,10H2,(H,20,24)(H2,21,22,26). The number of nitrogens with zero attached hydrogens (tertiary/aromatic N) is 1. The summed E-state index contributed by atoms with van der Waals surface area (Å²) in [6, 6.07) is 3.32. The van der Waals surface area contributed by atoms with Crippen molar-refractivity contribution in [2.24, 2.45) is 5.92 Å². The molecule has 0 aromatic heterocycles. The molecule has 2 aliphatic rings. The maximum atomic E-state index is 14.2. The van der Waals surface area contributed by atoms with Crippen molar-refractivity contribution in [3.05, 3.63) is 29.6 Å². The predicted octanol–water partition coefficient (Wildman–Crippen LogP) is 0.476. The van der Waals surface area contributed by atoms with E-state index in [4.69, 9.17) is 0 Å². The Morgan fingerprint density at radius 3 is 2.54 bits per heavy atom. The van der Waals surface area contributed by atoms with E-state index in [0.717, 1.165) is 18.9 Å². The highest BCUT2D eigenvalue weighted by atomic mass is 19.1. The van der Waals surface area contributed by atoms with Crippen molar-refractivity contribution in [1.29, 1.82) is 0 Å². The zero-order valence-corrected chi connectivity index (χ0v) is 14.3. The molecule has 2 fully saturated rings. The first-order valence-electron chi connectivity index (χ1n) is 8.66. The number of urea groups is 1. The van der Waals surface area contributed by atoms with Crippen molar-refractivity contribution >= 4 is 23.5 Å². The molecular weight excluding hydrogens is 341 g/mol. The summed E-state index contributed by atoms with van der Waals surface area (Å²) in [7, 11) is 0. The predicted molar refractivity (Wildman–Crippen MR) is 93.1 cm³/mol. The maximum Gasteiger partial charge on any atom is 0.320 e. The van der Waals surface area contributed by atoms with Gasteiger partial charge in [-0.15, -0.1) is 0 Å². The number of rotatable bonds is 5. The maximum absolute atomic E-state index is 14.2. The zero-order valence-electron chi connectivity index (χ0n) is 14.3. The summed E-state index contributed by atoms with van der Waals surface area (Å²) in [5.74, 6) is -0.960. The Hall–Kier alpha value is -2.68. The van der Waals surface area contributed by atoms with Gasteiger partial charge in [-0.2, -0.15) is 0 Å². The highest BCUT2D eigenvalue weighted by Gasteiger charge is 2.29. The van der Waals surface area contributed by atoms with E-state index in [1.807, 2.05) is 0 Å². The number of halogens is 1. The van der Waals surface area contributed by atoms with E-state index in [1.165, 1.54) is 12.1 Å². The number of hydrogen-bond acceptors (Lipinski definition) is 4. The normalized spacial score (nSPS) is 16.7. The van der Waals surface area contributed by atoms with Gasteiger partial charge >= 0.3 is 6.03 Å². The van der Waals surface area contributed by atoms with E-state index in [1.54, 1.807) is 4.90 Å². The first-order valence-corrected chi connectivity index (χ1v) is 8.66. The molecule has 9 heteroatoms. The molecule has 8 nitrogen and oxygen atoms in total. The van der Waals surface area contributed by atoms with Crippen LogP contribution in [0, 0.1) is 11.7 Å². The Morgan fingerprint density at radius 2 is 1.88 bits per heavy atom. The quantitative estimate of drug-likeness (QED) is 0.571. The van der Waals surface area contributed by atoms with E-state index in [0.29, 0.717) is 26.2 Å². The van der Waals surface area contributed by atoms with Crippen LogP contribution in [-0.2, 0) is 4.79 Å². The molecule has 4 N–H and O–H groups in total. The van der Waals surface area contributed by atoms with Gasteiger partial charge in [0, 0.05) is 37.7 Å². The van der Waals surface area contributed by atoms with Crippen LogP contribution in [0.5, 0.6) is 0 Å². The molecule has 1 aromatic rings. The SMILES string of the molecule is O=C(NCNC(=O)C1CC1)Nc1ccc(C(=O)N2CCNCC2)cc1F. The molecule has 0 spiro atoms. The lowest BCUT2D eigenvalue weighted by Gasteiger charge is -2.27. The summed E-state index contributed by atoms with van der Waals surface area (Å²) in [5, 5.41) is 10.5. The Morgan fingerprint density at radius 1 is 1.15 bits per heavy atom. The number of piperazine rings is 1. The minimum Gasteiger partial charge on any atom is -0.338 e. The lowest BCUT2D eigenvalue weighted by atomic mass is 10.1. The molecule has 0 atom stereocenters. The van der Waals surface area contributed by atoms with Gasteiger partial charge in [0.25, 0.3) is 5.91 Å². The summed E-state index contributed by atoms with van der Waals surface area (Å²) in [5.41, 5.74) is 0.208. The number of carbonyl (C=O) groups is 3. The van der Waals surface area contributed by atoms with E-state index >= 15 is 0 Å². The minimum absolute atomic E-state index is 0.0254. The van der Waals surface area contributed by atoms with Gasteiger partial charge in [-0.25, -0.2) is 9.18 Å². The van der Waals surface area contributed by atoms with Gasteiger partial charge in [0.05, 0.1) is 12.4 Å². The molecule has 1 aliphatic heterocycles. The van der Waals surface area contributed by atoms with Crippen LogP contribution in [0.2, 0.25) is 0 Å². The van der Waals surface area contributed by atoms with Crippen molar-refractivity contribution in [2.75, 3.05) is 38.2 Å². The molecule has 0 bridgehead atoms. The van der Waals surface area contributed by atoms with Gasteiger partial charge in [0.1, 0.15) is 5.82 Å². The molecule has 0 radical (unpaired) electrons. The van der Waals surface area contributed by atoms with Gasteiger partial charge in [0.2, 0.25) is 5.91 Å². The number of hydrogen-bond donors (Lipinski definition) is 4. The number of benzene rings is 1. The van der Waals surface area contributed by atoms with Crippen molar-refractivity contribution in [1.82, 2.24) is 20.9 Å². The molecule has 4 amide bonds. The molecule has 1 saturated carbocycles. The van der Waals surface area contributed by atoms with Crippen molar-refractivity contribution in [3.8, 4) is 0 Å². The largest absolute Gasteiger partial charge is 0.338 e. The average molecular weight is 363 g/mol. The molecule has 1 saturated heterocycles. The molecule has 1 heterocycles. The fourth-order valence-corrected chi connectivity index (χ4v) is 2.67. The second-order valence-electron chi connectivity index (χ2n) is 6.36. The molecule has 140 valence electrons. The van der Waals surface area contributed by atoms with Crippen LogP contribution >= 0.6 is 0 Å². The summed E-state index contributed by atoms with van der Waals surface area (Å²) in [6.45, 7) is 2.56. The lowest BCUT2D eigenvalue weighted by molar-refractivity contribution is -0.122. The molecular formula is C17H22FN5O3. The highest BCUT2D eigenvalue weighted by Crippen LogP contribution is 2.28. The monoisotopic (exact) mass is 363 g/mol. The summed E-state index contributed by atoms with van der Waals surface area (Å²) < 4.78 is 14.2. The third-order valence-corrected chi connectivity index (χ3v) is 4.33. The van der Waals surface area contributed by atoms with E-state index in [9.17, 15) is 18.8 Å². The molecule has 1 aromatic carbocycles. The van der Waals surface area contributed by atoms with E-state index in [-0.39, 0.29) is 35.7 Å². The Balaban J connectivity index is 1.50. The topological polar surface area (TPSA) is 103 Å². The molecule has 3 rings (SSSR count). The second-order valence-corrected chi connectivity index (χ2v) is 6.36. The van der Waals surface area contributed by atoms with Crippen LogP contribution in [0.25, 0.3) is 0 Å². The Kier molecular flexibility index (Phi) is 5.67. The molecule has 1 aliphatic carbocycles. The first-order chi connectivity index (χ1) is 12.5. The number of anilines is 1. The highest BCUT2D eigenvalue weighted by molar-refractivity contribution is 5.95. The van der Waals surface area contributed by atoms with Crippen LogP contribution in [-0.4, -0.2) is 55.6 Å². The average Bonchev–Trinajstić information content (AvgIpc) is 3.48. The first kappa shape index (κ1) is 18.1. The summed E-state index contributed by atoms with van der Waals surface area (Å²) in [4.78, 5) is 37.2. The fourth-order valence-electron chi connectivity index (χ4n) is 2.67. The summed E-state index contributed by atoms with van der Waals surface area (Å²) in [6.07, 6.45) is 1.75. The number of carbonyl (C=O) groups excluding carboxylic acids is 3. The molecule has 26 heavy (non-hydrogen) atoms. The zero-order chi connectivity index (χ0) is 18.5. The Bertz CT molecular complexity index is 702. The lowest BCUT2D eigenvalue weighted by Crippen LogP contribution is -2.46. The second kappa shape index (κ2) is 8.13. The summed E-state index contributed by atoms with van der Waals surface area (Å²) >= 11 is 0. The minimum atomic E-state index is -0.692. The van der Waals surface area contributed by atoms with Crippen molar-refractivity contribution in [2.45, 2.75) is 12.8 Å². The van der Waals surface area contributed by atoms with E-state index in [2.05, 4.69) is 21.3 Å². The van der Waals surface area contributed by atoms with Crippen LogP contribution in [0.15, 0.2) is 18.2 Å². The van der Waals surface area contributed by atoms with E-state index < -0.39 is 11.8 Å². The van der Waals surface area contributed by atoms with Gasteiger partial charge in [-0.3, -0.25) is 9.59 Å². The smallest absolute Gasteiger partial charge is 0.320 e. The van der Waals surface area contributed by atoms with Gasteiger partial charge < -0.3 is 26.2 Å². The Labute approximate surface area is 150 Å². The van der Waals surface area contributed by atoms with Gasteiger partial charge in [-0.05, 0) is 31.0 Å². The van der Waals surface area contributed by atoms with Gasteiger partial charge in [-0.1, -0.05) is 0 Å².